The normalized spacial score (nSPS) is 12.0. The number of benzene rings is 1. The van der Waals surface area contributed by atoms with Crippen LogP contribution in [-0.2, 0) is 42.1 Å². The molecule has 0 aliphatic carbocycles. The zero-order valence-corrected chi connectivity index (χ0v) is 27.0. The van der Waals surface area contributed by atoms with E-state index in [2.05, 4.69) is 30.1 Å². The molecule has 4 rings (SSSR count). The molecule has 10 heteroatoms. The van der Waals surface area contributed by atoms with E-state index in [-0.39, 0.29) is 37.6 Å². The van der Waals surface area contributed by atoms with Gasteiger partial charge in [-0.05, 0) is 66.9 Å². The third-order valence-corrected chi connectivity index (χ3v) is 7.77. The van der Waals surface area contributed by atoms with E-state index in [4.69, 9.17) is 5.11 Å². The number of aliphatic hydroxyl groups excluding tert-OH is 2. The van der Waals surface area contributed by atoms with Crippen LogP contribution in [0.1, 0.15) is 41.1 Å². The van der Waals surface area contributed by atoms with Crippen molar-refractivity contribution in [3.63, 3.8) is 0 Å². The molecule has 47 heavy (non-hydrogen) atoms. The monoisotopic (exact) mass is 638 g/mol. The largest absolute Gasteiger partial charge is 0.394 e. The van der Waals surface area contributed by atoms with Crippen molar-refractivity contribution in [1.82, 2.24) is 30.1 Å². The number of carbonyl (C=O) groups is 2. The van der Waals surface area contributed by atoms with Gasteiger partial charge in [0, 0.05) is 64.2 Å². The fourth-order valence-corrected chi connectivity index (χ4v) is 5.20. The number of carbonyl (C=O) groups excluding carboxylic acids is 2. The van der Waals surface area contributed by atoms with Gasteiger partial charge in [-0.1, -0.05) is 42.5 Å². The molecule has 0 aliphatic rings. The van der Waals surface area contributed by atoms with Crippen LogP contribution in [0.2, 0.25) is 0 Å². The standard InChI is InChI=1S/C37H46N6O4/c44-29-36(46)15-14-35(45)24-38-20-16-30-10-12-31(13-11-30)23-37(47)28-43(27-34-9-3-6-19-41-34)22-21-42(25-32-7-1-4-17-39-32)26-33-8-2-5-18-40-33/h1-13,17-19,36,38,44,46H,14-16,20-29H2. The van der Waals surface area contributed by atoms with Crippen LogP contribution in [0.4, 0.5) is 0 Å². The van der Waals surface area contributed by atoms with E-state index in [0.717, 1.165) is 41.2 Å². The molecule has 0 fully saturated rings. The first-order valence-corrected chi connectivity index (χ1v) is 16.2. The number of pyridine rings is 3. The summed E-state index contributed by atoms with van der Waals surface area (Å²) in [5.41, 5.74) is 4.98. The summed E-state index contributed by atoms with van der Waals surface area (Å²) in [4.78, 5) is 43.3. The van der Waals surface area contributed by atoms with Crippen molar-refractivity contribution < 1.29 is 19.8 Å². The number of hydrogen-bond acceptors (Lipinski definition) is 10. The van der Waals surface area contributed by atoms with Gasteiger partial charge in [0.25, 0.3) is 0 Å². The number of hydrogen-bond donors (Lipinski definition) is 3. The van der Waals surface area contributed by atoms with Gasteiger partial charge in [0.05, 0.1) is 42.9 Å². The molecule has 4 aromatic rings. The van der Waals surface area contributed by atoms with Crippen LogP contribution < -0.4 is 5.32 Å². The van der Waals surface area contributed by atoms with Crippen LogP contribution in [0.3, 0.4) is 0 Å². The minimum atomic E-state index is -0.843. The SMILES string of the molecule is O=C(CCC(O)CO)CNCCc1ccc(CC(=O)CN(CCN(Cc2ccccn2)Cc2ccccn2)Cc2ccccn2)cc1. The van der Waals surface area contributed by atoms with Gasteiger partial charge >= 0.3 is 0 Å². The highest BCUT2D eigenvalue weighted by atomic mass is 16.3. The molecule has 0 bridgehead atoms. The molecule has 3 heterocycles. The lowest BCUT2D eigenvalue weighted by atomic mass is 10.0. The lowest BCUT2D eigenvalue weighted by Crippen LogP contribution is -2.38. The van der Waals surface area contributed by atoms with Gasteiger partial charge in [-0.2, -0.15) is 0 Å². The van der Waals surface area contributed by atoms with Gasteiger partial charge in [-0.3, -0.25) is 34.3 Å². The molecule has 0 aliphatic heterocycles. The molecule has 1 unspecified atom stereocenters. The number of aliphatic hydroxyl groups is 2. The Balaban J connectivity index is 1.30. The highest BCUT2D eigenvalue weighted by molar-refractivity contribution is 5.82. The number of rotatable bonds is 22. The smallest absolute Gasteiger partial charge is 0.151 e. The van der Waals surface area contributed by atoms with E-state index < -0.39 is 6.10 Å². The molecular weight excluding hydrogens is 592 g/mol. The van der Waals surface area contributed by atoms with Crippen molar-refractivity contribution in [1.29, 1.82) is 0 Å². The maximum atomic E-state index is 13.3. The Morgan fingerprint density at radius 1 is 0.702 bits per heavy atom. The van der Waals surface area contributed by atoms with Crippen molar-refractivity contribution in [3.8, 4) is 0 Å². The summed E-state index contributed by atoms with van der Waals surface area (Å²) in [5, 5.41) is 21.4. The third kappa shape index (κ3) is 14.0. The predicted octanol–water partition coefficient (Wildman–Crippen LogP) is 3.02. The maximum Gasteiger partial charge on any atom is 0.151 e. The second-order valence-electron chi connectivity index (χ2n) is 11.8. The quantitative estimate of drug-likeness (QED) is 0.110. The fourth-order valence-electron chi connectivity index (χ4n) is 5.20. The summed E-state index contributed by atoms with van der Waals surface area (Å²) >= 11 is 0. The van der Waals surface area contributed by atoms with E-state index in [1.165, 1.54) is 0 Å². The summed E-state index contributed by atoms with van der Waals surface area (Å²) in [7, 11) is 0. The first-order valence-electron chi connectivity index (χ1n) is 16.2. The first-order chi connectivity index (χ1) is 23.0. The lowest BCUT2D eigenvalue weighted by Gasteiger charge is -2.27. The number of nitrogens with one attached hydrogen (secondary N) is 1. The van der Waals surface area contributed by atoms with Gasteiger partial charge in [0.2, 0.25) is 0 Å². The first kappa shape index (κ1) is 35.7. The van der Waals surface area contributed by atoms with E-state index in [1.807, 2.05) is 91.3 Å². The molecule has 0 saturated carbocycles. The number of ketones is 2. The number of nitrogens with zero attached hydrogens (tertiary/aromatic N) is 5. The fraction of sp³-hybridized carbons (Fsp3) is 0.378. The molecule has 3 N–H and O–H groups in total. The summed E-state index contributed by atoms with van der Waals surface area (Å²) in [6, 6.07) is 25.8. The zero-order valence-electron chi connectivity index (χ0n) is 27.0. The van der Waals surface area contributed by atoms with Gasteiger partial charge < -0.3 is 15.5 Å². The van der Waals surface area contributed by atoms with Crippen molar-refractivity contribution in [3.05, 3.63) is 126 Å². The lowest BCUT2D eigenvalue weighted by molar-refractivity contribution is -0.120. The molecule has 1 atom stereocenters. The van der Waals surface area contributed by atoms with Gasteiger partial charge in [0.15, 0.2) is 5.78 Å². The van der Waals surface area contributed by atoms with Gasteiger partial charge in [0.1, 0.15) is 5.78 Å². The van der Waals surface area contributed by atoms with E-state index in [1.54, 1.807) is 6.20 Å². The van der Waals surface area contributed by atoms with Crippen molar-refractivity contribution in [2.24, 2.45) is 0 Å². The molecule has 3 aromatic heterocycles. The number of Topliss-reactive ketones (excluding diaryl/α,β-unsaturated/α-hetero) is 2. The second-order valence-corrected chi connectivity index (χ2v) is 11.8. The van der Waals surface area contributed by atoms with Crippen LogP contribution in [0, 0.1) is 0 Å². The molecule has 0 radical (unpaired) electrons. The topological polar surface area (TPSA) is 132 Å². The van der Waals surface area contributed by atoms with Crippen molar-refractivity contribution in [2.45, 2.75) is 51.4 Å². The minimum Gasteiger partial charge on any atom is -0.394 e. The molecule has 0 spiro atoms. The summed E-state index contributed by atoms with van der Waals surface area (Å²) in [5.74, 6) is 0.152. The van der Waals surface area contributed by atoms with Crippen molar-refractivity contribution >= 4 is 11.6 Å². The highest BCUT2D eigenvalue weighted by Gasteiger charge is 2.16. The summed E-state index contributed by atoms with van der Waals surface area (Å²) in [6.45, 7) is 4.20. The zero-order chi connectivity index (χ0) is 33.1. The average molecular weight is 639 g/mol. The Morgan fingerprint density at radius 3 is 1.77 bits per heavy atom. The minimum absolute atomic E-state index is 0.0116. The van der Waals surface area contributed by atoms with E-state index in [9.17, 15) is 14.7 Å². The van der Waals surface area contributed by atoms with Crippen LogP contribution >= 0.6 is 0 Å². The van der Waals surface area contributed by atoms with Crippen LogP contribution in [-0.4, -0.2) is 92.0 Å². The molecule has 0 amide bonds. The van der Waals surface area contributed by atoms with E-state index in [0.29, 0.717) is 45.7 Å². The van der Waals surface area contributed by atoms with Crippen molar-refractivity contribution in [2.75, 3.05) is 39.3 Å². The predicted molar refractivity (Wildman–Crippen MR) is 181 cm³/mol. The maximum absolute atomic E-state index is 13.3. The average Bonchev–Trinajstić information content (AvgIpc) is 3.10. The Morgan fingerprint density at radius 2 is 1.23 bits per heavy atom. The van der Waals surface area contributed by atoms with E-state index >= 15 is 0 Å². The Hall–Kier alpha value is -4.19. The number of aromatic nitrogens is 3. The van der Waals surface area contributed by atoms with Gasteiger partial charge in [-0.25, -0.2) is 0 Å². The highest BCUT2D eigenvalue weighted by Crippen LogP contribution is 2.11. The van der Waals surface area contributed by atoms with Gasteiger partial charge in [-0.15, -0.1) is 0 Å². The molecular formula is C37H46N6O4. The van der Waals surface area contributed by atoms with Crippen LogP contribution in [0.25, 0.3) is 0 Å². The molecule has 248 valence electrons. The third-order valence-electron chi connectivity index (χ3n) is 7.77. The Labute approximate surface area is 277 Å². The van der Waals surface area contributed by atoms with Crippen LogP contribution in [0.15, 0.2) is 97.5 Å². The summed E-state index contributed by atoms with van der Waals surface area (Å²) in [6.07, 6.45) is 6.17. The van der Waals surface area contributed by atoms with Crippen LogP contribution in [0.5, 0.6) is 0 Å². The Kier molecular flexibility index (Phi) is 15.3. The molecule has 1 aromatic carbocycles. The summed E-state index contributed by atoms with van der Waals surface area (Å²) < 4.78 is 0. The molecule has 0 saturated heterocycles. The Bertz CT molecular complexity index is 1420. The second kappa shape index (κ2) is 20.1. The molecule has 10 nitrogen and oxygen atoms in total.